The number of alkyl halides is 3. The van der Waals surface area contributed by atoms with Gasteiger partial charge in [-0.1, -0.05) is 5.34 Å². The minimum atomic E-state index is -4.56. The first-order valence-electron chi connectivity index (χ1n) is 13.9. The molecule has 1 aromatic heterocycles. The number of hydrogen-bond donors (Lipinski definition) is 0. The molecule has 1 aromatic carbocycles. The number of carbonyl (C=O) groups excluding carboxylic acids is 1. The molecule has 2 aliphatic heterocycles. The number of amides is 1. The number of likely N-dealkylation sites (tertiary alicyclic amines) is 1. The van der Waals surface area contributed by atoms with Crippen molar-refractivity contribution < 1.29 is 22.7 Å². The van der Waals surface area contributed by atoms with Gasteiger partial charge in [0.25, 0.3) is 0 Å². The van der Waals surface area contributed by atoms with Crippen LogP contribution in [-0.4, -0.2) is 124 Å². The second kappa shape index (κ2) is 12.9. The Labute approximate surface area is 260 Å². The molecule has 210 valence electrons. The molecular weight excluding hydrogens is 547 g/mol. The molecule has 14 radical (unpaired) electrons. The topological polar surface area (TPSA) is 61.8 Å². The number of halogens is 3. The van der Waals surface area contributed by atoms with E-state index in [0.29, 0.717) is 50.1 Å². The van der Waals surface area contributed by atoms with Crippen molar-refractivity contribution in [1.82, 2.24) is 19.8 Å². The number of hydrogen-bond acceptors (Lipinski definition) is 6. The van der Waals surface area contributed by atoms with Crippen LogP contribution in [0.25, 0.3) is 0 Å². The number of nitrogens with zero attached hydrogens (tertiary/aromatic N) is 5. The van der Waals surface area contributed by atoms with Gasteiger partial charge in [0.1, 0.15) is 45.0 Å². The number of aromatic nitrogens is 2. The fourth-order valence-electron chi connectivity index (χ4n) is 5.87. The van der Waals surface area contributed by atoms with E-state index in [0.717, 1.165) is 12.6 Å². The lowest BCUT2D eigenvalue weighted by Crippen LogP contribution is -2.60. The second-order valence-electron chi connectivity index (χ2n) is 11.5. The Bertz CT molecular complexity index is 1290. The molecule has 1 amide bonds. The molecule has 43 heavy (non-hydrogen) atoms. The molecule has 0 N–H and O–H groups in total. The molecule has 0 spiro atoms. The molecule has 2 saturated heterocycles. The largest absolute Gasteiger partial charge is 0.449 e. The Morgan fingerprint density at radius 1 is 0.977 bits per heavy atom. The molecule has 2 aliphatic rings. The Kier molecular flexibility index (Phi) is 10.0. The summed E-state index contributed by atoms with van der Waals surface area (Å²) >= 11 is 0. The van der Waals surface area contributed by atoms with E-state index in [1.54, 1.807) is 9.80 Å². The minimum absolute atomic E-state index is 0.0974. The zero-order valence-electron chi connectivity index (χ0n) is 24.3. The number of piperazine rings is 1. The predicted molar refractivity (Wildman–Crippen MR) is 167 cm³/mol. The fraction of sp³-hybridized carbons (Fsp3) is 0.577. The van der Waals surface area contributed by atoms with Crippen molar-refractivity contribution in [2.75, 3.05) is 31.1 Å². The number of anilines is 1. The summed E-state index contributed by atoms with van der Waals surface area (Å²) in [6.07, 6.45) is -1.48. The van der Waals surface area contributed by atoms with Gasteiger partial charge >= 0.3 is 12.3 Å². The van der Waals surface area contributed by atoms with E-state index >= 15 is 0 Å². The zero-order valence-corrected chi connectivity index (χ0v) is 24.3. The van der Waals surface area contributed by atoms with Gasteiger partial charge in [0.05, 0.1) is 46.8 Å². The van der Waals surface area contributed by atoms with E-state index in [1.165, 1.54) is 0 Å². The fourth-order valence-corrected chi connectivity index (χ4v) is 5.87. The summed E-state index contributed by atoms with van der Waals surface area (Å²) in [5.41, 5.74) is 0.408. The minimum Gasteiger partial charge on any atom is -0.449 e. The van der Waals surface area contributed by atoms with Crippen molar-refractivity contribution >= 4 is 94.1 Å². The van der Waals surface area contributed by atoms with Gasteiger partial charge in [0.2, 0.25) is 0 Å². The summed E-state index contributed by atoms with van der Waals surface area (Å²) in [5, 5.41) is -1.18. The first-order chi connectivity index (χ1) is 20.0. The van der Waals surface area contributed by atoms with Crippen LogP contribution in [-0.2, 0) is 17.5 Å². The average molecular weight is 574 g/mol. The summed E-state index contributed by atoms with van der Waals surface area (Å²) in [5.74, 6) is 0.409. The van der Waals surface area contributed by atoms with Gasteiger partial charge in [-0.15, -0.1) is 27.3 Å². The maximum absolute atomic E-state index is 13.0. The van der Waals surface area contributed by atoms with Crippen LogP contribution in [0.4, 0.5) is 23.8 Å². The quantitative estimate of drug-likeness (QED) is 0.366. The van der Waals surface area contributed by atoms with Crippen molar-refractivity contribution in [1.29, 1.82) is 0 Å². The van der Waals surface area contributed by atoms with Crippen molar-refractivity contribution in [3.05, 3.63) is 23.7 Å². The van der Waals surface area contributed by atoms with E-state index in [4.69, 9.17) is 59.7 Å². The summed E-state index contributed by atoms with van der Waals surface area (Å²) in [7, 11) is 43.2. The van der Waals surface area contributed by atoms with E-state index in [-0.39, 0.29) is 58.5 Å². The highest BCUT2D eigenvalue weighted by Crippen LogP contribution is 2.31. The molecule has 0 bridgehead atoms. The molecule has 17 heteroatoms. The summed E-state index contributed by atoms with van der Waals surface area (Å²) < 4.78 is 44.1. The van der Waals surface area contributed by atoms with Crippen LogP contribution >= 0.6 is 0 Å². The lowest BCUT2D eigenvalue weighted by atomic mass is 9.54. The summed E-state index contributed by atoms with van der Waals surface area (Å²) in [6, 6.07) is -0.554. The molecule has 4 rings (SSSR count). The highest BCUT2D eigenvalue weighted by atomic mass is 19.4. The molecule has 0 aliphatic carbocycles. The van der Waals surface area contributed by atoms with Crippen molar-refractivity contribution in [3.63, 3.8) is 0 Å². The summed E-state index contributed by atoms with van der Waals surface area (Å²) in [6.45, 7) is 5.36. The molecule has 2 fully saturated rings. The van der Waals surface area contributed by atoms with Crippen LogP contribution in [0.1, 0.15) is 44.4 Å². The number of piperidine rings is 1. The maximum Gasteiger partial charge on any atom is 0.434 e. The standard InChI is InChI=1S/C26H27B7F3N5O2/c1-13-10-39(18-9-37-17(8-38-18)26(34,35)36)11-14(2)41(13)24(42)43-6-4-15-3-5-40(25(32,33)7-15)12-16-19(27)21(29)23(31)22(30)20(16)28/h8-9,13-15H,3-7,10-12H2,1-2H3/t13-,14-,15?/m1/s1. The van der Waals surface area contributed by atoms with E-state index in [9.17, 15) is 18.0 Å². The molecule has 0 saturated carbocycles. The van der Waals surface area contributed by atoms with Gasteiger partial charge in [0.15, 0.2) is 5.69 Å². The molecule has 2 aromatic rings. The van der Waals surface area contributed by atoms with Gasteiger partial charge in [-0.25, -0.2) is 14.8 Å². The van der Waals surface area contributed by atoms with Crippen LogP contribution in [0.3, 0.4) is 0 Å². The second-order valence-corrected chi connectivity index (χ2v) is 11.5. The van der Waals surface area contributed by atoms with Crippen LogP contribution in [0.15, 0.2) is 12.4 Å². The molecule has 1 unspecified atom stereocenters. The molecule has 3 atom stereocenters. The smallest absolute Gasteiger partial charge is 0.434 e. The van der Waals surface area contributed by atoms with Gasteiger partial charge in [0, 0.05) is 19.6 Å². The van der Waals surface area contributed by atoms with Crippen LogP contribution in [0.2, 0.25) is 0 Å². The highest BCUT2D eigenvalue weighted by Gasteiger charge is 2.37. The third-order valence-electron chi connectivity index (χ3n) is 8.31. The van der Waals surface area contributed by atoms with E-state index in [1.807, 2.05) is 18.7 Å². The van der Waals surface area contributed by atoms with Crippen LogP contribution < -0.4 is 32.2 Å². The Hall–Kier alpha value is -2.43. The number of ether oxygens (including phenoxy) is 1. The predicted octanol–water partition coefficient (Wildman–Crippen LogP) is -2.21. The van der Waals surface area contributed by atoms with Gasteiger partial charge in [-0.3, -0.25) is 4.90 Å². The first-order valence-corrected chi connectivity index (χ1v) is 13.9. The van der Waals surface area contributed by atoms with E-state index < -0.39 is 23.3 Å². The zero-order chi connectivity index (χ0) is 31.9. The van der Waals surface area contributed by atoms with Gasteiger partial charge in [-0.2, -0.15) is 13.2 Å². The van der Waals surface area contributed by atoms with Gasteiger partial charge in [-0.05, 0) is 51.1 Å². The first kappa shape index (κ1) is 33.5. The Morgan fingerprint density at radius 2 is 1.56 bits per heavy atom. The number of benzene rings is 1. The Balaban J connectivity index is 1.28. The van der Waals surface area contributed by atoms with Crippen LogP contribution in [0.5, 0.6) is 0 Å². The van der Waals surface area contributed by atoms with Crippen molar-refractivity contribution in [2.24, 2.45) is 5.92 Å². The monoisotopic (exact) mass is 575 g/mol. The maximum atomic E-state index is 13.0. The summed E-state index contributed by atoms with van der Waals surface area (Å²) in [4.78, 5) is 25.7. The average Bonchev–Trinajstić information content (AvgIpc) is 2.93. The van der Waals surface area contributed by atoms with Crippen LogP contribution in [0, 0.1) is 5.92 Å². The van der Waals surface area contributed by atoms with Gasteiger partial charge < -0.3 is 14.5 Å². The Morgan fingerprint density at radius 3 is 2.07 bits per heavy atom. The number of carbonyl (C=O) groups is 1. The van der Waals surface area contributed by atoms with E-state index in [2.05, 4.69) is 9.97 Å². The highest BCUT2D eigenvalue weighted by molar-refractivity contribution is 6.67. The third-order valence-corrected chi connectivity index (χ3v) is 8.31. The number of rotatable bonds is 6. The third kappa shape index (κ3) is 7.29. The van der Waals surface area contributed by atoms with Crippen molar-refractivity contribution in [2.45, 2.75) is 63.3 Å². The molecule has 3 heterocycles. The molecular formula is C26H27B7F3N5O2. The SMILES string of the molecule is [B]c1c([B])c([B])c(CN2CCC(CCOC(=O)N3[C@H](C)CN(c4cnc(C(F)(F)F)cn4)C[C@H]3C)CC2([B])[B])c([B])c1[B]. The molecule has 7 nitrogen and oxygen atoms in total. The van der Waals surface area contributed by atoms with Crippen molar-refractivity contribution in [3.8, 4) is 0 Å². The normalized spacial score (nSPS) is 22.9. The lowest BCUT2D eigenvalue weighted by molar-refractivity contribution is -0.141. The lowest BCUT2D eigenvalue weighted by Gasteiger charge is -2.48.